The van der Waals surface area contributed by atoms with E-state index >= 15 is 0 Å². The molecule has 5 amide bonds. The van der Waals surface area contributed by atoms with Crippen molar-refractivity contribution in [2.75, 3.05) is 57.1 Å². The highest BCUT2D eigenvalue weighted by Gasteiger charge is 2.45. The van der Waals surface area contributed by atoms with Crippen LogP contribution in [0.2, 0.25) is 0 Å². The number of nitrogens with one attached hydrogen (secondary N) is 2. The van der Waals surface area contributed by atoms with Crippen LogP contribution in [0.4, 0.5) is 5.69 Å². The third-order valence-electron chi connectivity index (χ3n) is 11.4. The van der Waals surface area contributed by atoms with E-state index in [0.717, 1.165) is 77.4 Å². The highest BCUT2D eigenvalue weighted by molar-refractivity contribution is 6.25. The van der Waals surface area contributed by atoms with E-state index in [-0.39, 0.29) is 41.4 Å². The molecule has 7 rings (SSSR count). The van der Waals surface area contributed by atoms with Crippen LogP contribution in [0.1, 0.15) is 82.4 Å². The molecule has 4 N–H and O–H groups in total. The first-order valence-corrected chi connectivity index (χ1v) is 21.3. The van der Waals surface area contributed by atoms with Gasteiger partial charge in [0.25, 0.3) is 11.8 Å². The van der Waals surface area contributed by atoms with Crippen LogP contribution in [0.25, 0.3) is 11.1 Å². The second kappa shape index (κ2) is 19.9. The molecule has 0 bridgehead atoms. The SMILES string of the molecule is O=C1CCC(N2C(=O)c3cccc(NCCCCCC(=O)N4CCN(CCOc5ccc(C(=C(CCCl)c6ccc(O)cc6)c6ccc(O)cc6)cc5)CC4)c3C2=O)C(=O)N1. The minimum absolute atomic E-state index is 0.0641. The van der Waals surface area contributed by atoms with Crippen molar-refractivity contribution in [2.45, 2.75) is 51.0 Å². The van der Waals surface area contributed by atoms with Gasteiger partial charge in [-0.25, -0.2) is 0 Å². The monoisotopic (exact) mass is 847 g/mol. The summed E-state index contributed by atoms with van der Waals surface area (Å²) in [6.45, 7) is 4.64. The van der Waals surface area contributed by atoms with Gasteiger partial charge in [0.1, 0.15) is 29.9 Å². The van der Waals surface area contributed by atoms with Crippen molar-refractivity contribution in [2.24, 2.45) is 0 Å². The van der Waals surface area contributed by atoms with Gasteiger partial charge in [-0.15, -0.1) is 11.6 Å². The summed E-state index contributed by atoms with van der Waals surface area (Å²) in [4.78, 5) is 68.7. The number of carbonyl (C=O) groups is 5. The molecule has 0 radical (unpaired) electrons. The number of fused-ring (bicyclic) bond motifs is 1. The zero-order valence-electron chi connectivity index (χ0n) is 33.9. The molecule has 3 aliphatic rings. The number of alkyl halides is 1. The lowest BCUT2D eigenvalue weighted by Gasteiger charge is -2.34. The maximum absolute atomic E-state index is 13.3. The van der Waals surface area contributed by atoms with Crippen LogP contribution in [0, 0.1) is 0 Å². The fraction of sp³-hybridized carbons (Fsp3) is 0.340. The fourth-order valence-electron chi connectivity index (χ4n) is 8.17. The molecule has 2 saturated heterocycles. The largest absolute Gasteiger partial charge is 0.508 e. The van der Waals surface area contributed by atoms with Gasteiger partial charge >= 0.3 is 0 Å². The minimum Gasteiger partial charge on any atom is -0.508 e. The molecule has 1 atom stereocenters. The Morgan fingerprint density at radius 2 is 1.43 bits per heavy atom. The van der Waals surface area contributed by atoms with Gasteiger partial charge in [0.05, 0.1) is 11.1 Å². The van der Waals surface area contributed by atoms with Crippen LogP contribution in [-0.2, 0) is 14.4 Å². The minimum atomic E-state index is -1.01. The van der Waals surface area contributed by atoms with Crippen LogP contribution in [0.3, 0.4) is 0 Å². The molecular formula is C47H50ClN5O8. The number of hydrogen-bond acceptors (Lipinski definition) is 10. The molecule has 2 fully saturated rings. The fourth-order valence-corrected chi connectivity index (χ4v) is 8.36. The van der Waals surface area contributed by atoms with Gasteiger partial charge in [0.15, 0.2) is 0 Å². The van der Waals surface area contributed by atoms with Gasteiger partial charge in [-0.1, -0.05) is 48.9 Å². The van der Waals surface area contributed by atoms with Crippen molar-refractivity contribution in [1.29, 1.82) is 0 Å². The number of benzene rings is 4. The Hall–Kier alpha value is -6.18. The molecule has 0 aliphatic carbocycles. The average Bonchev–Trinajstić information content (AvgIpc) is 3.52. The molecule has 318 valence electrons. The van der Waals surface area contributed by atoms with Crippen LogP contribution in [0.5, 0.6) is 17.2 Å². The molecule has 4 aromatic carbocycles. The third kappa shape index (κ3) is 10.2. The number of piperazine rings is 1. The van der Waals surface area contributed by atoms with E-state index in [1.807, 2.05) is 53.4 Å². The van der Waals surface area contributed by atoms with E-state index in [4.69, 9.17) is 16.3 Å². The molecule has 0 aromatic heterocycles. The lowest BCUT2D eigenvalue weighted by Crippen LogP contribution is -2.54. The van der Waals surface area contributed by atoms with E-state index in [2.05, 4.69) is 15.5 Å². The number of amides is 5. The second-order valence-electron chi connectivity index (χ2n) is 15.4. The van der Waals surface area contributed by atoms with Crippen LogP contribution >= 0.6 is 11.6 Å². The van der Waals surface area contributed by atoms with Crippen molar-refractivity contribution in [3.05, 3.63) is 119 Å². The Balaban J connectivity index is 0.828. The predicted octanol–water partition coefficient (Wildman–Crippen LogP) is 6.28. The number of aromatic hydroxyl groups is 2. The highest BCUT2D eigenvalue weighted by Crippen LogP contribution is 2.37. The summed E-state index contributed by atoms with van der Waals surface area (Å²) < 4.78 is 6.14. The van der Waals surface area contributed by atoms with Crippen molar-refractivity contribution < 1.29 is 38.9 Å². The van der Waals surface area contributed by atoms with Gasteiger partial charge in [0, 0.05) is 63.7 Å². The zero-order chi connectivity index (χ0) is 42.9. The maximum atomic E-state index is 13.3. The Kier molecular flexibility index (Phi) is 14.0. The topological polar surface area (TPSA) is 169 Å². The Morgan fingerprint density at radius 1 is 0.770 bits per heavy atom. The molecule has 1 unspecified atom stereocenters. The van der Waals surface area contributed by atoms with Crippen LogP contribution < -0.4 is 15.4 Å². The number of carbonyl (C=O) groups excluding carboxylic acids is 5. The summed E-state index contributed by atoms with van der Waals surface area (Å²) in [5, 5.41) is 25.4. The van der Waals surface area contributed by atoms with E-state index in [0.29, 0.717) is 50.7 Å². The molecule has 61 heavy (non-hydrogen) atoms. The molecule has 13 nitrogen and oxygen atoms in total. The number of phenols is 2. The number of ether oxygens (including phenoxy) is 1. The molecule has 3 heterocycles. The van der Waals surface area contributed by atoms with Gasteiger partial charge < -0.3 is 25.2 Å². The predicted molar refractivity (Wildman–Crippen MR) is 232 cm³/mol. The molecular weight excluding hydrogens is 798 g/mol. The number of allylic oxidation sites excluding steroid dienone is 1. The summed E-state index contributed by atoms with van der Waals surface area (Å²) in [7, 11) is 0. The van der Waals surface area contributed by atoms with Crippen molar-refractivity contribution in [1.82, 2.24) is 20.0 Å². The quantitative estimate of drug-likeness (QED) is 0.0411. The highest BCUT2D eigenvalue weighted by atomic mass is 35.5. The number of nitrogens with zero attached hydrogens (tertiary/aromatic N) is 3. The van der Waals surface area contributed by atoms with E-state index in [1.165, 1.54) is 0 Å². The first-order valence-electron chi connectivity index (χ1n) is 20.8. The smallest absolute Gasteiger partial charge is 0.264 e. The number of anilines is 1. The second-order valence-corrected chi connectivity index (χ2v) is 15.8. The number of halogens is 1. The summed E-state index contributed by atoms with van der Waals surface area (Å²) in [6.07, 6.45) is 3.53. The van der Waals surface area contributed by atoms with Crippen molar-refractivity contribution in [3.8, 4) is 17.2 Å². The standard InChI is InChI=1S/C47H50ClN5O8/c48-23-22-37(31-8-14-34(54)15-9-31)43(32-10-16-35(55)17-11-32)33-12-18-36(19-13-33)61-30-29-51-25-27-52(28-26-51)42(57)7-2-1-3-24-49-39-6-4-5-38-44(39)47(60)53(46(38)59)40-20-21-41(56)50-45(40)58/h4-6,8-19,40,49,54-55H,1-3,7,20-30H2,(H,50,56,58). The molecule has 0 spiro atoms. The van der Waals surface area contributed by atoms with Crippen molar-refractivity contribution >= 4 is 58.0 Å². The zero-order valence-corrected chi connectivity index (χ0v) is 34.7. The third-order valence-corrected chi connectivity index (χ3v) is 11.6. The Labute approximate surface area is 359 Å². The van der Waals surface area contributed by atoms with E-state index in [1.54, 1.807) is 42.5 Å². The molecule has 0 saturated carbocycles. The number of unbranched alkanes of at least 4 members (excludes halogenated alkanes) is 2. The lowest BCUT2D eigenvalue weighted by atomic mass is 9.88. The van der Waals surface area contributed by atoms with Crippen molar-refractivity contribution in [3.63, 3.8) is 0 Å². The van der Waals surface area contributed by atoms with Gasteiger partial charge in [-0.2, -0.15) is 0 Å². The first kappa shape index (κ1) is 42.9. The number of imide groups is 2. The maximum Gasteiger partial charge on any atom is 0.264 e. The lowest BCUT2D eigenvalue weighted by molar-refractivity contribution is -0.136. The average molecular weight is 848 g/mol. The number of phenolic OH excluding ortho intramolecular Hbond substituents is 2. The Bertz CT molecular complexity index is 2270. The molecule has 14 heteroatoms. The van der Waals surface area contributed by atoms with Gasteiger partial charge in [-0.05, 0) is 102 Å². The van der Waals surface area contributed by atoms with Crippen LogP contribution in [-0.4, -0.2) is 112 Å². The van der Waals surface area contributed by atoms with Crippen LogP contribution in [0.15, 0.2) is 91.0 Å². The van der Waals surface area contributed by atoms with E-state index in [9.17, 15) is 34.2 Å². The Morgan fingerprint density at radius 3 is 2.08 bits per heavy atom. The summed E-state index contributed by atoms with van der Waals surface area (Å²) >= 11 is 6.29. The van der Waals surface area contributed by atoms with Gasteiger partial charge in [0.2, 0.25) is 17.7 Å². The summed E-state index contributed by atoms with van der Waals surface area (Å²) in [5.41, 5.74) is 5.85. The number of piperidine rings is 1. The molecule has 3 aliphatic heterocycles. The normalized spacial score (nSPS) is 17.2. The number of rotatable bonds is 17. The summed E-state index contributed by atoms with van der Waals surface area (Å²) in [5.74, 6) is -0.473. The number of hydrogen-bond donors (Lipinski definition) is 4. The van der Waals surface area contributed by atoms with E-state index < -0.39 is 29.7 Å². The van der Waals surface area contributed by atoms with Gasteiger partial charge in [-0.3, -0.25) is 39.1 Å². The molecule has 4 aromatic rings. The summed E-state index contributed by atoms with van der Waals surface area (Å²) in [6, 6.07) is 26.1. The first-order chi connectivity index (χ1) is 29.6.